The normalized spacial score (nSPS) is 16.1. The minimum Gasteiger partial charge on any atom is -0.328 e. The van der Waals surface area contributed by atoms with Gasteiger partial charge in [-0.25, -0.2) is 0 Å². The molecule has 2 rings (SSSR count). The van der Waals surface area contributed by atoms with Gasteiger partial charge in [0.15, 0.2) is 5.11 Å². The number of anilines is 1. The molecule has 0 unspecified atom stereocenters. The number of hydrogen-bond acceptors (Lipinski definition) is 3. The third-order valence-electron chi connectivity index (χ3n) is 3.24. The van der Waals surface area contributed by atoms with Gasteiger partial charge >= 0.3 is 0 Å². The number of unbranched alkanes of at least 4 members (excludes halogenated alkanes) is 1. The summed E-state index contributed by atoms with van der Waals surface area (Å²) < 4.78 is 0. The molecule has 1 aromatic carbocycles. The summed E-state index contributed by atoms with van der Waals surface area (Å²) in [5.41, 5.74) is 2.07. The number of rotatable bonds is 5. The van der Waals surface area contributed by atoms with Gasteiger partial charge in [0, 0.05) is 19.2 Å². The average Bonchev–Trinajstić information content (AvgIpc) is 2.73. The highest BCUT2D eigenvalue weighted by Gasteiger charge is 2.29. The molecule has 6 heteroatoms. The van der Waals surface area contributed by atoms with Gasteiger partial charge in [0.25, 0.3) is 5.91 Å². The lowest BCUT2D eigenvalue weighted by atomic mass is 10.1. The van der Waals surface area contributed by atoms with Crippen LogP contribution in [0.2, 0.25) is 0 Å². The van der Waals surface area contributed by atoms with Gasteiger partial charge < -0.3 is 10.6 Å². The van der Waals surface area contributed by atoms with Crippen molar-refractivity contribution >= 4 is 40.9 Å². The Hall–Kier alpha value is -2.21. The molecule has 116 valence electrons. The highest BCUT2D eigenvalue weighted by atomic mass is 32.1. The maximum atomic E-state index is 12.3. The van der Waals surface area contributed by atoms with E-state index >= 15 is 0 Å². The molecule has 2 N–H and O–H groups in total. The van der Waals surface area contributed by atoms with Crippen molar-refractivity contribution in [3.05, 3.63) is 35.5 Å². The van der Waals surface area contributed by atoms with Gasteiger partial charge in [-0.3, -0.25) is 14.5 Å². The van der Waals surface area contributed by atoms with Gasteiger partial charge in [0.05, 0.1) is 0 Å². The number of carbonyl (C=O) groups excluding carboxylic acids is 2. The second-order valence-electron chi connectivity index (χ2n) is 5.10. The average molecular weight is 317 g/mol. The predicted molar refractivity (Wildman–Crippen MR) is 91.1 cm³/mol. The van der Waals surface area contributed by atoms with Crippen LogP contribution in [-0.2, 0) is 9.59 Å². The van der Waals surface area contributed by atoms with Crippen molar-refractivity contribution in [2.45, 2.75) is 26.7 Å². The van der Waals surface area contributed by atoms with Gasteiger partial charge in [0.1, 0.15) is 5.70 Å². The minimum absolute atomic E-state index is 0.0932. The van der Waals surface area contributed by atoms with E-state index < -0.39 is 0 Å². The zero-order valence-electron chi connectivity index (χ0n) is 12.7. The Labute approximate surface area is 135 Å². The van der Waals surface area contributed by atoms with E-state index in [1.165, 1.54) is 6.92 Å². The first kappa shape index (κ1) is 16.2. The summed E-state index contributed by atoms with van der Waals surface area (Å²) in [5.74, 6) is -0.208. The molecule has 2 amide bonds. The van der Waals surface area contributed by atoms with Crippen molar-refractivity contribution in [2.24, 2.45) is 0 Å². The second kappa shape index (κ2) is 7.17. The lowest BCUT2D eigenvalue weighted by molar-refractivity contribution is -0.122. The number of carbonyl (C=O) groups is 2. The molecule has 22 heavy (non-hydrogen) atoms. The van der Waals surface area contributed by atoms with E-state index in [9.17, 15) is 9.59 Å². The van der Waals surface area contributed by atoms with Crippen LogP contribution in [0.4, 0.5) is 5.69 Å². The van der Waals surface area contributed by atoms with Gasteiger partial charge in [-0.15, -0.1) is 0 Å². The van der Waals surface area contributed by atoms with Crippen molar-refractivity contribution in [3.8, 4) is 0 Å². The summed E-state index contributed by atoms with van der Waals surface area (Å²) in [6, 6.07) is 7.26. The minimum atomic E-state index is -0.115. The van der Waals surface area contributed by atoms with E-state index in [-0.39, 0.29) is 11.8 Å². The number of hydrogen-bond donors (Lipinski definition) is 2. The van der Waals surface area contributed by atoms with Crippen LogP contribution in [0.5, 0.6) is 0 Å². The van der Waals surface area contributed by atoms with Crippen LogP contribution in [0.3, 0.4) is 0 Å². The fraction of sp³-hybridized carbons (Fsp3) is 0.312. The zero-order valence-corrected chi connectivity index (χ0v) is 13.5. The van der Waals surface area contributed by atoms with Gasteiger partial charge in [-0.05, 0) is 42.4 Å². The zero-order chi connectivity index (χ0) is 16.1. The number of nitrogens with zero attached hydrogens (tertiary/aromatic N) is 1. The largest absolute Gasteiger partial charge is 0.328 e. The molecule has 1 fully saturated rings. The maximum Gasteiger partial charge on any atom is 0.276 e. The Balaban J connectivity index is 2.11. The van der Waals surface area contributed by atoms with E-state index in [0.29, 0.717) is 17.4 Å². The standard InChI is InChI=1S/C16H19N3O2S/c1-3-4-9-19-15(21)14(18-16(19)22)10-12-5-7-13(8-6-12)17-11(2)20/h5-8,10H,3-4,9H2,1-2H3,(H,17,20)(H,18,22)/b14-10+. The van der Waals surface area contributed by atoms with E-state index in [4.69, 9.17) is 12.2 Å². The molecular formula is C16H19N3O2S. The van der Waals surface area contributed by atoms with Crippen LogP contribution in [0, 0.1) is 0 Å². The van der Waals surface area contributed by atoms with Crippen molar-refractivity contribution in [1.82, 2.24) is 10.2 Å². The van der Waals surface area contributed by atoms with Crippen LogP contribution in [0.1, 0.15) is 32.3 Å². The van der Waals surface area contributed by atoms with E-state index in [1.54, 1.807) is 23.1 Å². The van der Waals surface area contributed by atoms with Crippen LogP contribution >= 0.6 is 12.2 Å². The van der Waals surface area contributed by atoms with Crippen molar-refractivity contribution in [3.63, 3.8) is 0 Å². The molecule has 1 heterocycles. The van der Waals surface area contributed by atoms with Gasteiger partial charge in [-0.1, -0.05) is 25.5 Å². The highest BCUT2D eigenvalue weighted by Crippen LogP contribution is 2.16. The molecule has 0 spiro atoms. The predicted octanol–water partition coefficient (Wildman–Crippen LogP) is 2.50. The topological polar surface area (TPSA) is 61.4 Å². The van der Waals surface area contributed by atoms with Crippen molar-refractivity contribution < 1.29 is 9.59 Å². The Bertz CT molecular complexity index is 623. The van der Waals surface area contributed by atoms with Crippen LogP contribution < -0.4 is 10.6 Å². The molecular weight excluding hydrogens is 298 g/mol. The van der Waals surface area contributed by atoms with Crippen LogP contribution in [0.15, 0.2) is 30.0 Å². The highest BCUT2D eigenvalue weighted by molar-refractivity contribution is 7.80. The Morgan fingerprint density at radius 1 is 1.36 bits per heavy atom. The van der Waals surface area contributed by atoms with Gasteiger partial charge in [0.2, 0.25) is 5.91 Å². The van der Waals surface area contributed by atoms with E-state index in [2.05, 4.69) is 17.6 Å². The summed E-state index contributed by atoms with van der Waals surface area (Å²) in [7, 11) is 0. The number of benzene rings is 1. The lowest BCUT2D eigenvalue weighted by Crippen LogP contribution is -2.31. The summed E-state index contributed by atoms with van der Waals surface area (Å²) in [6.45, 7) is 4.17. The first-order valence-electron chi connectivity index (χ1n) is 7.23. The molecule has 0 aromatic heterocycles. The van der Waals surface area contributed by atoms with Crippen LogP contribution in [-0.4, -0.2) is 28.4 Å². The molecule has 1 aliphatic heterocycles. The third kappa shape index (κ3) is 3.92. The Kier molecular flexibility index (Phi) is 5.27. The number of nitrogens with one attached hydrogen (secondary N) is 2. The molecule has 0 bridgehead atoms. The first-order valence-corrected chi connectivity index (χ1v) is 7.64. The van der Waals surface area contributed by atoms with Crippen LogP contribution in [0.25, 0.3) is 6.08 Å². The number of thiocarbonyl (C=S) groups is 1. The second-order valence-corrected chi connectivity index (χ2v) is 5.49. The van der Waals surface area contributed by atoms with Gasteiger partial charge in [-0.2, -0.15) is 0 Å². The summed E-state index contributed by atoms with van der Waals surface area (Å²) in [4.78, 5) is 24.9. The Morgan fingerprint density at radius 2 is 2.05 bits per heavy atom. The van der Waals surface area contributed by atoms with E-state index in [0.717, 1.165) is 24.1 Å². The van der Waals surface area contributed by atoms with Crippen molar-refractivity contribution in [2.75, 3.05) is 11.9 Å². The fourth-order valence-electron chi connectivity index (χ4n) is 2.12. The van der Waals surface area contributed by atoms with Crippen molar-refractivity contribution in [1.29, 1.82) is 0 Å². The smallest absolute Gasteiger partial charge is 0.276 e. The fourth-order valence-corrected chi connectivity index (χ4v) is 2.41. The molecule has 0 atom stereocenters. The number of amides is 2. The molecule has 5 nitrogen and oxygen atoms in total. The molecule has 0 saturated carbocycles. The molecule has 1 aromatic rings. The maximum absolute atomic E-state index is 12.3. The Morgan fingerprint density at radius 3 is 2.64 bits per heavy atom. The molecule has 1 saturated heterocycles. The third-order valence-corrected chi connectivity index (χ3v) is 3.56. The summed E-state index contributed by atoms with van der Waals surface area (Å²) in [6.07, 6.45) is 3.69. The van der Waals surface area contributed by atoms with E-state index in [1.807, 2.05) is 12.1 Å². The summed E-state index contributed by atoms with van der Waals surface area (Å²) >= 11 is 5.20. The summed E-state index contributed by atoms with van der Waals surface area (Å²) in [5, 5.41) is 6.12. The first-order chi connectivity index (χ1) is 10.5. The lowest BCUT2D eigenvalue weighted by Gasteiger charge is -2.12. The SMILES string of the molecule is CCCCN1C(=O)/C(=C\c2ccc(NC(C)=O)cc2)NC1=S. The quantitative estimate of drug-likeness (QED) is 0.647. The molecule has 0 radical (unpaired) electrons. The molecule has 0 aliphatic carbocycles. The monoisotopic (exact) mass is 317 g/mol. The molecule has 1 aliphatic rings.